The van der Waals surface area contributed by atoms with Gasteiger partial charge in [-0.2, -0.15) is 0 Å². The van der Waals surface area contributed by atoms with Gasteiger partial charge in [0.1, 0.15) is 24.4 Å². The summed E-state index contributed by atoms with van der Waals surface area (Å²) in [6.07, 6.45) is -6.30. The van der Waals surface area contributed by atoms with E-state index in [1.165, 1.54) is 0 Å². The van der Waals surface area contributed by atoms with Crippen molar-refractivity contribution >= 4 is 5.97 Å². The van der Waals surface area contributed by atoms with Crippen molar-refractivity contribution in [2.75, 3.05) is 13.2 Å². The standard InChI is InChI=1S/C17H24O10/c1-2-3-4-25-16(24)8-5-9(19)12(20)10(6-8)26-17-15(23)14(22)13(21)11(7-18)27-17/h5-6,11,13-15,17-23H,2-4,7H2,1H3/t11-,13-,14+,15-,17-/m1/s1. The van der Waals surface area contributed by atoms with Crippen LogP contribution in [0.2, 0.25) is 0 Å². The molecule has 0 aromatic heterocycles. The lowest BCUT2D eigenvalue weighted by molar-refractivity contribution is -0.277. The molecule has 6 N–H and O–H groups in total. The van der Waals surface area contributed by atoms with Crippen LogP contribution in [0.5, 0.6) is 17.2 Å². The van der Waals surface area contributed by atoms with Gasteiger partial charge in [-0.3, -0.25) is 0 Å². The monoisotopic (exact) mass is 388 g/mol. The smallest absolute Gasteiger partial charge is 0.338 e. The van der Waals surface area contributed by atoms with Gasteiger partial charge in [-0.25, -0.2) is 4.79 Å². The molecule has 27 heavy (non-hydrogen) atoms. The zero-order valence-electron chi connectivity index (χ0n) is 14.7. The number of aromatic hydroxyl groups is 2. The van der Waals surface area contributed by atoms with Crippen LogP contribution in [0.1, 0.15) is 30.1 Å². The molecule has 2 rings (SSSR count). The molecule has 0 aliphatic carbocycles. The molecule has 1 heterocycles. The van der Waals surface area contributed by atoms with Crippen LogP contribution >= 0.6 is 0 Å². The average molecular weight is 388 g/mol. The third-order valence-corrected chi connectivity index (χ3v) is 4.11. The van der Waals surface area contributed by atoms with Crippen LogP contribution in [-0.2, 0) is 9.47 Å². The topological polar surface area (TPSA) is 166 Å². The zero-order valence-corrected chi connectivity index (χ0v) is 14.7. The van der Waals surface area contributed by atoms with Crippen LogP contribution in [0, 0.1) is 0 Å². The molecule has 10 nitrogen and oxygen atoms in total. The van der Waals surface area contributed by atoms with Crippen molar-refractivity contribution in [2.24, 2.45) is 0 Å². The first-order chi connectivity index (χ1) is 12.8. The Morgan fingerprint density at radius 1 is 1.15 bits per heavy atom. The van der Waals surface area contributed by atoms with Gasteiger partial charge in [0, 0.05) is 0 Å². The van der Waals surface area contributed by atoms with Gasteiger partial charge in [-0.05, 0) is 18.6 Å². The van der Waals surface area contributed by atoms with Gasteiger partial charge in [0.25, 0.3) is 0 Å². The van der Waals surface area contributed by atoms with Crippen molar-refractivity contribution in [3.8, 4) is 17.2 Å². The zero-order chi connectivity index (χ0) is 20.1. The summed E-state index contributed by atoms with van der Waals surface area (Å²) < 4.78 is 15.5. The van der Waals surface area contributed by atoms with Crippen molar-refractivity contribution in [1.29, 1.82) is 0 Å². The summed E-state index contributed by atoms with van der Waals surface area (Å²) in [5, 5.41) is 58.5. The van der Waals surface area contributed by atoms with Gasteiger partial charge in [0.15, 0.2) is 11.5 Å². The maximum Gasteiger partial charge on any atom is 0.338 e. The molecule has 0 spiro atoms. The number of unbranched alkanes of at least 4 members (excludes halogenated alkanes) is 1. The van der Waals surface area contributed by atoms with Gasteiger partial charge in [-0.1, -0.05) is 13.3 Å². The summed E-state index contributed by atoms with van der Waals surface area (Å²) >= 11 is 0. The van der Waals surface area contributed by atoms with Crippen molar-refractivity contribution in [2.45, 2.75) is 50.5 Å². The largest absolute Gasteiger partial charge is 0.504 e. The number of aliphatic hydroxyl groups is 4. The quantitative estimate of drug-likeness (QED) is 0.198. The maximum atomic E-state index is 12.0. The Morgan fingerprint density at radius 2 is 1.85 bits per heavy atom. The van der Waals surface area contributed by atoms with E-state index in [0.717, 1.165) is 18.6 Å². The molecule has 1 aliphatic rings. The minimum absolute atomic E-state index is 0.110. The highest BCUT2D eigenvalue weighted by atomic mass is 16.7. The lowest BCUT2D eigenvalue weighted by Gasteiger charge is -2.39. The summed E-state index contributed by atoms with van der Waals surface area (Å²) in [5.74, 6) is -2.56. The molecule has 0 unspecified atom stereocenters. The molecule has 1 aliphatic heterocycles. The molecule has 1 aromatic carbocycles. The molecular weight excluding hydrogens is 364 g/mol. The Bertz CT molecular complexity index is 647. The SMILES string of the molecule is CCCCOC(=O)c1cc(O)c(O)c(O[C@@H]2O[C@H](CO)[C@@H](O)[C@H](O)[C@H]2O)c1. The summed E-state index contributed by atoms with van der Waals surface area (Å²) in [4.78, 5) is 12.0. The van der Waals surface area contributed by atoms with E-state index < -0.39 is 60.5 Å². The Balaban J connectivity index is 2.21. The second-order valence-corrected chi connectivity index (χ2v) is 6.15. The Kier molecular flexibility index (Phi) is 7.22. The van der Waals surface area contributed by atoms with E-state index in [1.807, 2.05) is 6.92 Å². The fourth-order valence-corrected chi connectivity index (χ4v) is 2.48. The van der Waals surface area contributed by atoms with E-state index in [-0.39, 0.29) is 12.2 Å². The molecule has 1 saturated heterocycles. The van der Waals surface area contributed by atoms with Crippen molar-refractivity contribution in [3.63, 3.8) is 0 Å². The minimum atomic E-state index is -1.72. The molecule has 5 atom stereocenters. The van der Waals surface area contributed by atoms with Crippen LogP contribution in [0.4, 0.5) is 0 Å². The predicted octanol–water partition coefficient (Wildman–Crippen LogP) is -0.767. The Hall–Kier alpha value is -2.11. The number of phenolic OH excluding ortho intramolecular Hbond substituents is 2. The van der Waals surface area contributed by atoms with E-state index in [1.54, 1.807) is 0 Å². The van der Waals surface area contributed by atoms with E-state index in [2.05, 4.69) is 0 Å². The normalized spacial score (nSPS) is 28.0. The number of hydrogen-bond donors (Lipinski definition) is 6. The van der Waals surface area contributed by atoms with E-state index >= 15 is 0 Å². The summed E-state index contributed by atoms with van der Waals surface area (Å²) in [5.41, 5.74) is -0.110. The van der Waals surface area contributed by atoms with Gasteiger partial charge in [-0.15, -0.1) is 0 Å². The van der Waals surface area contributed by atoms with Gasteiger partial charge in [0.05, 0.1) is 18.8 Å². The highest BCUT2D eigenvalue weighted by molar-refractivity contribution is 5.91. The van der Waals surface area contributed by atoms with Crippen molar-refractivity contribution in [3.05, 3.63) is 17.7 Å². The second-order valence-electron chi connectivity index (χ2n) is 6.15. The van der Waals surface area contributed by atoms with E-state index in [9.17, 15) is 35.4 Å². The Labute approximate surface area is 155 Å². The number of carbonyl (C=O) groups excluding carboxylic acids is 1. The minimum Gasteiger partial charge on any atom is -0.504 e. The number of hydrogen-bond acceptors (Lipinski definition) is 10. The number of rotatable bonds is 7. The fraction of sp³-hybridized carbons (Fsp3) is 0.588. The van der Waals surface area contributed by atoms with E-state index in [0.29, 0.717) is 6.42 Å². The van der Waals surface area contributed by atoms with Crippen LogP contribution in [-0.4, -0.2) is 80.5 Å². The number of esters is 1. The molecule has 0 bridgehead atoms. The van der Waals surface area contributed by atoms with Gasteiger partial charge >= 0.3 is 5.97 Å². The first-order valence-electron chi connectivity index (χ1n) is 8.50. The molecule has 0 amide bonds. The van der Waals surface area contributed by atoms with Crippen molar-refractivity contribution < 1.29 is 49.6 Å². The summed E-state index contributed by atoms with van der Waals surface area (Å²) in [7, 11) is 0. The Morgan fingerprint density at radius 3 is 2.48 bits per heavy atom. The second kappa shape index (κ2) is 9.20. The third kappa shape index (κ3) is 4.79. The van der Waals surface area contributed by atoms with Gasteiger partial charge in [0.2, 0.25) is 12.0 Å². The average Bonchev–Trinajstić information content (AvgIpc) is 2.65. The highest BCUT2D eigenvalue weighted by Crippen LogP contribution is 2.38. The number of aliphatic hydroxyl groups excluding tert-OH is 4. The highest BCUT2D eigenvalue weighted by Gasteiger charge is 2.45. The first kappa shape index (κ1) is 21.2. The first-order valence-corrected chi connectivity index (χ1v) is 8.50. The fourth-order valence-electron chi connectivity index (χ4n) is 2.48. The van der Waals surface area contributed by atoms with Gasteiger partial charge < -0.3 is 44.8 Å². The van der Waals surface area contributed by atoms with E-state index in [4.69, 9.17) is 14.2 Å². The van der Waals surface area contributed by atoms with Crippen LogP contribution in [0.15, 0.2) is 12.1 Å². The van der Waals surface area contributed by atoms with Crippen LogP contribution in [0.25, 0.3) is 0 Å². The molecule has 1 fully saturated rings. The summed E-state index contributed by atoms with van der Waals surface area (Å²) in [6.45, 7) is 1.44. The number of benzene rings is 1. The molecule has 1 aromatic rings. The predicted molar refractivity (Wildman–Crippen MR) is 89.4 cm³/mol. The molecule has 0 radical (unpaired) electrons. The number of carbonyl (C=O) groups is 1. The lowest BCUT2D eigenvalue weighted by Crippen LogP contribution is -2.60. The molecule has 152 valence electrons. The van der Waals surface area contributed by atoms with Crippen LogP contribution in [0.3, 0.4) is 0 Å². The number of phenols is 2. The molecule has 10 heteroatoms. The van der Waals surface area contributed by atoms with Crippen LogP contribution < -0.4 is 4.74 Å². The molecular formula is C17H24O10. The van der Waals surface area contributed by atoms with Crippen molar-refractivity contribution in [1.82, 2.24) is 0 Å². The summed E-state index contributed by atoms with van der Waals surface area (Å²) in [6, 6.07) is 2.06. The third-order valence-electron chi connectivity index (χ3n) is 4.11. The molecule has 0 saturated carbocycles. The lowest BCUT2D eigenvalue weighted by atomic mass is 9.99. The number of ether oxygens (including phenoxy) is 3. The maximum absolute atomic E-state index is 12.0.